The molecule has 0 atom stereocenters. The molecule has 52 heavy (non-hydrogen) atoms. The van der Waals surface area contributed by atoms with Crippen LogP contribution in [0, 0.1) is 0 Å². The van der Waals surface area contributed by atoms with E-state index in [1.165, 1.54) is 59.2 Å². The third-order valence-corrected chi connectivity index (χ3v) is 10.5. The Morgan fingerprint density at radius 3 is 1.46 bits per heavy atom. The zero-order valence-corrected chi connectivity index (χ0v) is 28.0. The second kappa shape index (κ2) is 11.2. The number of nitrogens with zero attached hydrogens (tertiary/aromatic N) is 4. The van der Waals surface area contributed by atoms with E-state index >= 15 is 0 Å². The first-order chi connectivity index (χ1) is 25.8. The standard InChI is InChI=1S/C48H28N4/c1-2-11-32(12-3-1)46-50-47(52-48(51-46)39-17-5-4-16-35(39)41-21-6-7-26-49-41)34-27-33-25-24-31-14-9-19-37-36-18-8-13-29-22-23-30-15-10-20-38(44(30)42(29)36)40(28-34)45(33)43(31)37/h1-28H. The lowest BCUT2D eigenvalue weighted by atomic mass is 9.87. The van der Waals surface area contributed by atoms with Gasteiger partial charge in [-0.3, -0.25) is 4.98 Å². The molecule has 240 valence electrons. The molecule has 0 spiro atoms. The summed E-state index contributed by atoms with van der Waals surface area (Å²) in [7, 11) is 0. The van der Waals surface area contributed by atoms with E-state index in [1.807, 2.05) is 54.7 Å². The highest BCUT2D eigenvalue weighted by Gasteiger charge is 2.19. The summed E-state index contributed by atoms with van der Waals surface area (Å²) in [4.78, 5) is 20.2. The molecule has 2 heterocycles. The molecule has 9 aromatic carbocycles. The average Bonchev–Trinajstić information content (AvgIpc) is 3.22. The largest absolute Gasteiger partial charge is 0.256 e. The topological polar surface area (TPSA) is 51.6 Å². The molecule has 2 aromatic heterocycles. The first-order valence-corrected chi connectivity index (χ1v) is 17.6. The monoisotopic (exact) mass is 660 g/mol. The van der Waals surface area contributed by atoms with E-state index < -0.39 is 0 Å². The van der Waals surface area contributed by atoms with Gasteiger partial charge in [-0.2, -0.15) is 0 Å². The van der Waals surface area contributed by atoms with E-state index in [4.69, 9.17) is 15.0 Å². The molecular weight excluding hydrogens is 633 g/mol. The Morgan fingerprint density at radius 1 is 0.308 bits per heavy atom. The second-order valence-corrected chi connectivity index (χ2v) is 13.4. The van der Waals surface area contributed by atoms with Gasteiger partial charge in [0, 0.05) is 28.5 Å². The van der Waals surface area contributed by atoms with Gasteiger partial charge < -0.3 is 0 Å². The van der Waals surface area contributed by atoms with Crippen molar-refractivity contribution in [1.29, 1.82) is 0 Å². The van der Waals surface area contributed by atoms with Crippen molar-refractivity contribution >= 4 is 64.6 Å². The van der Waals surface area contributed by atoms with Crippen LogP contribution in [0.4, 0.5) is 0 Å². The molecule has 0 saturated heterocycles. The van der Waals surface area contributed by atoms with Crippen molar-refractivity contribution in [2.24, 2.45) is 0 Å². The molecule has 0 bridgehead atoms. The van der Waals surface area contributed by atoms with Gasteiger partial charge in [-0.05, 0) is 88.9 Å². The van der Waals surface area contributed by atoms with Crippen LogP contribution in [0.3, 0.4) is 0 Å². The summed E-state index contributed by atoms with van der Waals surface area (Å²) >= 11 is 0. The lowest BCUT2D eigenvalue weighted by Gasteiger charge is -2.17. The first-order valence-electron chi connectivity index (χ1n) is 17.6. The maximum atomic E-state index is 5.26. The summed E-state index contributed by atoms with van der Waals surface area (Å²) in [5.74, 6) is 1.86. The Balaban J connectivity index is 1.28. The van der Waals surface area contributed by atoms with Gasteiger partial charge in [0.25, 0.3) is 0 Å². The van der Waals surface area contributed by atoms with Crippen molar-refractivity contribution in [3.05, 3.63) is 170 Å². The third-order valence-electron chi connectivity index (χ3n) is 10.5. The number of rotatable bonds is 4. The summed E-state index contributed by atoms with van der Waals surface area (Å²) in [6, 6.07) is 58.0. The van der Waals surface area contributed by atoms with Crippen LogP contribution in [-0.4, -0.2) is 19.9 Å². The minimum absolute atomic E-state index is 0.606. The summed E-state index contributed by atoms with van der Waals surface area (Å²) < 4.78 is 0. The number of hydrogen-bond acceptors (Lipinski definition) is 4. The molecule has 0 aliphatic heterocycles. The SMILES string of the molecule is c1ccc(-c2nc(-c3cc4ccc5cccc6c7cccc8ccc9cccc(c(c3)c4c56)c9c87)nc(-c3ccccc3-c3ccccn3)n2)cc1. The normalized spacial score (nSPS) is 11.8. The zero-order chi connectivity index (χ0) is 34.2. The van der Waals surface area contributed by atoms with E-state index in [0.717, 1.165) is 33.3 Å². The molecule has 0 fully saturated rings. The average molecular weight is 661 g/mol. The third kappa shape index (κ3) is 4.34. The molecule has 0 radical (unpaired) electrons. The van der Waals surface area contributed by atoms with Crippen LogP contribution in [0.1, 0.15) is 0 Å². The quantitative estimate of drug-likeness (QED) is 0.176. The van der Waals surface area contributed by atoms with E-state index in [2.05, 4.69) is 120 Å². The Morgan fingerprint density at radius 2 is 0.827 bits per heavy atom. The molecule has 4 nitrogen and oxygen atoms in total. The van der Waals surface area contributed by atoms with Gasteiger partial charge in [0.1, 0.15) is 0 Å². The fraction of sp³-hybridized carbons (Fsp3) is 0. The minimum atomic E-state index is 0.606. The van der Waals surface area contributed by atoms with Gasteiger partial charge in [-0.25, -0.2) is 15.0 Å². The highest BCUT2D eigenvalue weighted by atomic mass is 15.0. The van der Waals surface area contributed by atoms with Crippen LogP contribution in [0.5, 0.6) is 0 Å². The lowest BCUT2D eigenvalue weighted by molar-refractivity contribution is 1.07. The molecule has 11 aromatic rings. The van der Waals surface area contributed by atoms with Gasteiger partial charge in [0.15, 0.2) is 17.5 Å². The van der Waals surface area contributed by atoms with E-state index in [-0.39, 0.29) is 0 Å². The van der Waals surface area contributed by atoms with Crippen molar-refractivity contribution in [2.45, 2.75) is 0 Å². The van der Waals surface area contributed by atoms with Crippen LogP contribution in [0.15, 0.2) is 170 Å². The first kappa shape index (κ1) is 28.8. The van der Waals surface area contributed by atoms with Crippen LogP contribution in [0.25, 0.3) is 110 Å². The molecule has 0 N–H and O–H groups in total. The molecule has 11 rings (SSSR count). The Hall–Kier alpha value is -7.04. The number of fused-ring (bicyclic) bond motifs is 2. The van der Waals surface area contributed by atoms with E-state index in [1.54, 1.807) is 0 Å². The van der Waals surface area contributed by atoms with Gasteiger partial charge in [0.05, 0.1) is 5.69 Å². The Kier molecular flexibility index (Phi) is 6.22. The van der Waals surface area contributed by atoms with E-state index in [9.17, 15) is 0 Å². The predicted molar refractivity (Wildman–Crippen MR) is 216 cm³/mol. The maximum absolute atomic E-state index is 5.26. The van der Waals surface area contributed by atoms with Crippen LogP contribution < -0.4 is 0 Å². The summed E-state index contributed by atoms with van der Waals surface area (Å²) in [6.07, 6.45) is 1.82. The fourth-order valence-electron chi connectivity index (χ4n) is 8.18. The van der Waals surface area contributed by atoms with Crippen molar-refractivity contribution in [3.8, 4) is 45.4 Å². The fourth-order valence-corrected chi connectivity index (χ4v) is 8.18. The molecular formula is C48H28N4. The number of benzene rings is 8. The molecule has 0 unspecified atom stereocenters. The molecule has 0 aliphatic rings. The summed E-state index contributed by atoms with van der Waals surface area (Å²) in [5.41, 5.74) is 4.61. The van der Waals surface area contributed by atoms with Gasteiger partial charge in [0.2, 0.25) is 0 Å². The second-order valence-electron chi connectivity index (χ2n) is 13.4. The van der Waals surface area contributed by atoms with Crippen LogP contribution in [0.2, 0.25) is 0 Å². The van der Waals surface area contributed by atoms with Crippen molar-refractivity contribution in [2.75, 3.05) is 0 Å². The van der Waals surface area contributed by atoms with Gasteiger partial charge >= 0.3 is 0 Å². The van der Waals surface area contributed by atoms with Crippen molar-refractivity contribution in [1.82, 2.24) is 19.9 Å². The minimum Gasteiger partial charge on any atom is -0.256 e. The number of hydrogen-bond donors (Lipinski definition) is 0. The van der Waals surface area contributed by atoms with Gasteiger partial charge in [-0.15, -0.1) is 0 Å². The van der Waals surface area contributed by atoms with Gasteiger partial charge in [-0.1, -0.05) is 140 Å². The molecule has 4 heteroatoms. The molecule has 0 aliphatic carbocycles. The highest BCUT2D eigenvalue weighted by molar-refractivity contribution is 6.37. The number of aromatic nitrogens is 4. The van der Waals surface area contributed by atoms with Crippen molar-refractivity contribution in [3.63, 3.8) is 0 Å². The van der Waals surface area contributed by atoms with Crippen molar-refractivity contribution < 1.29 is 0 Å². The van der Waals surface area contributed by atoms with Crippen LogP contribution in [-0.2, 0) is 0 Å². The summed E-state index contributed by atoms with van der Waals surface area (Å²) in [6.45, 7) is 0. The molecule has 0 amide bonds. The highest BCUT2D eigenvalue weighted by Crippen LogP contribution is 2.44. The predicted octanol–water partition coefficient (Wildman–Crippen LogP) is 12.3. The van der Waals surface area contributed by atoms with Crippen LogP contribution >= 0.6 is 0 Å². The maximum Gasteiger partial charge on any atom is 0.164 e. The smallest absolute Gasteiger partial charge is 0.164 e. The Bertz CT molecular complexity index is 3170. The summed E-state index contributed by atoms with van der Waals surface area (Å²) in [5, 5.41) is 14.8. The number of pyridine rings is 1. The lowest BCUT2D eigenvalue weighted by Crippen LogP contribution is -2.01. The Labute approximate surface area is 299 Å². The molecule has 0 saturated carbocycles. The van der Waals surface area contributed by atoms with E-state index in [0.29, 0.717) is 17.5 Å². The zero-order valence-electron chi connectivity index (χ0n) is 28.0.